The summed E-state index contributed by atoms with van der Waals surface area (Å²) in [6.45, 7) is 1.24. The third-order valence-corrected chi connectivity index (χ3v) is 4.20. The van der Waals surface area contributed by atoms with E-state index in [2.05, 4.69) is 25.7 Å². The molecule has 9 nitrogen and oxygen atoms in total. The fraction of sp³-hybridized carbons (Fsp3) is 0.467. The molecule has 0 radical (unpaired) electrons. The molecule has 0 bridgehead atoms. The molecule has 1 aliphatic rings. The molecule has 128 valence electrons. The van der Waals surface area contributed by atoms with E-state index in [1.54, 1.807) is 26.4 Å². The van der Waals surface area contributed by atoms with Crippen molar-refractivity contribution in [3.8, 4) is 0 Å². The Morgan fingerprint density at radius 1 is 1.46 bits per heavy atom. The molecule has 1 saturated heterocycles. The van der Waals surface area contributed by atoms with Gasteiger partial charge in [-0.05, 0) is 12.5 Å². The van der Waals surface area contributed by atoms with Gasteiger partial charge in [-0.2, -0.15) is 5.10 Å². The SMILES string of the molecule is CNc1cc(N2CC[C@@](O)(CNC(=O)c3ccnn3C)C2)ncn1. The molecule has 0 spiro atoms. The highest BCUT2D eigenvalue weighted by Crippen LogP contribution is 2.25. The van der Waals surface area contributed by atoms with Gasteiger partial charge in [-0.1, -0.05) is 0 Å². The predicted molar refractivity (Wildman–Crippen MR) is 88.9 cm³/mol. The van der Waals surface area contributed by atoms with E-state index < -0.39 is 5.60 Å². The first-order valence-corrected chi connectivity index (χ1v) is 7.74. The molecule has 0 aliphatic carbocycles. The van der Waals surface area contributed by atoms with Gasteiger partial charge >= 0.3 is 0 Å². The number of carbonyl (C=O) groups is 1. The molecule has 3 rings (SSSR count). The number of carbonyl (C=O) groups excluding carboxylic acids is 1. The summed E-state index contributed by atoms with van der Waals surface area (Å²) in [5, 5.41) is 20.4. The van der Waals surface area contributed by atoms with Crippen LogP contribution < -0.4 is 15.5 Å². The van der Waals surface area contributed by atoms with E-state index in [1.165, 1.54) is 11.0 Å². The molecule has 1 amide bonds. The van der Waals surface area contributed by atoms with Crippen LogP contribution in [-0.4, -0.2) is 63.0 Å². The van der Waals surface area contributed by atoms with Crippen LogP contribution in [0.4, 0.5) is 11.6 Å². The second-order valence-electron chi connectivity index (χ2n) is 5.93. The van der Waals surface area contributed by atoms with Crippen molar-refractivity contribution in [3.63, 3.8) is 0 Å². The number of nitrogens with one attached hydrogen (secondary N) is 2. The fourth-order valence-electron chi connectivity index (χ4n) is 2.79. The zero-order valence-corrected chi connectivity index (χ0v) is 13.7. The fourth-order valence-corrected chi connectivity index (χ4v) is 2.79. The van der Waals surface area contributed by atoms with Crippen molar-refractivity contribution >= 4 is 17.5 Å². The van der Waals surface area contributed by atoms with Gasteiger partial charge in [-0.15, -0.1) is 0 Å². The molecule has 0 saturated carbocycles. The number of anilines is 2. The first-order valence-electron chi connectivity index (χ1n) is 7.74. The first kappa shape index (κ1) is 16.2. The predicted octanol–water partition coefficient (Wildman–Crippen LogP) is -0.377. The Bertz CT molecular complexity index is 732. The van der Waals surface area contributed by atoms with Crippen molar-refractivity contribution in [1.82, 2.24) is 25.1 Å². The van der Waals surface area contributed by atoms with Gasteiger partial charge in [0.2, 0.25) is 0 Å². The van der Waals surface area contributed by atoms with Gasteiger partial charge in [0.1, 0.15) is 29.3 Å². The van der Waals surface area contributed by atoms with Crippen LogP contribution in [0.25, 0.3) is 0 Å². The lowest BCUT2D eigenvalue weighted by Crippen LogP contribution is -2.45. The number of aliphatic hydroxyl groups is 1. The highest BCUT2D eigenvalue weighted by Gasteiger charge is 2.37. The summed E-state index contributed by atoms with van der Waals surface area (Å²) in [6, 6.07) is 3.47. The molecule has 3 heterocycles. The lowest BCUT2D eigenvalue weighted by Gasteiger charge is -2.24. The molecule has 3 N–H and O–H groups in total. The molecule has 1 fully saturated rings. The van der Waals surface area contributed by atoms with Crippen LogP contribution in [0.5, 0.6) is 0 Å². The minimum atomic E-state index is -0.987. The number of rotatable bonds is 5. The average Bonchev–Trinajstić information content (AvgIpc) is 3.19. The van der Waals surface area contributed by atoms with Crippen LogP contribution in [0.15, 0.2) is 24.7 Å². The van der Waals surface area contributed by atoms with Gasteiger partial charge in [0.25, 0.3) is 5.91 Å². The van der Waals surface area contributed by atoms with Crippen LogP contribution in [0.3, 0.4) is 0 Å². The number of hydrogen-bond donors (Lipinski definition) is 3. The summed E-state index contributed by atoms with van der Waals surface area (Å²) in [4.78, 5) is 22.5. The van der Waals surface area contributed by atoms with Crippen molar-refractivity contribution in [2.24, 2.45) is 7.05 Å². The van der Waals surface area contributed by atoms with E-state index in [4.69, 9.17) is 0 Å². The van der Waals surface area contributed by atoms with Crippen molar-refractivity contribution in [2.75, 3.05) is 36.9 Å². The van der Waals surface area contributed by atoms with E-state index in [1.807, 2.05) is 11.0 Å². The van der Waals surface area contributed by atoms with Crippen LogP contribution in [0, 0.1) is 0 Å². The number of nitrogens with zero attached hydrogens (tertiary/aromatic N) is 5. The summed E-state index contributed by atoms with van der Waals surface area (Å²) < 4.78 is 1.50. The Kier molecular flexibility index (Phi) is 4.34. The molecular weight excluding hydrogens is 310 g/mol. The van der Waals surface area contributed by atoms with Gasteiger partial charge < -0.3 is 20.6 Å². The maximum atomic E-state index is 12.1. The lowest BCUT2D eigenvalue weighted by molar-refractivity contribution is 0.0572. The third-order valence-electron chi connectivity index (χ3n) is 4.20. The van der Waals surface area contributed by atoms with Crippen LogP contribution in [-0.2, 0) is 7.05 Å². The maximum Gasteiger partial charge on any atom is 0.269 e. The van der Waals surface area contributed by atoms with Crippen LogP contribution >= 0.6 is 0 Å². The normalized spacial score (nSPS) is 20.2. The third kappa shape index (κ3) is 3.30. The van der Waals surface area contributed by atoms with E-state index in [9.17, 15) is 9.90 Å². The van der Waals surface area contributed by atoms with Crippen molar-refractivity contribution < 1.29 is 9.90 Å². The van der Waals surface area contributed by atoms with E-state index >= 15 is 0 Å². The Labute approximate surface area is 139 Å². The number of amides is 1. The highest BCUT2D eigenvalue weighted by molar-refractivity contribution is 5.92. The minimum Gasteiger partial charge on any atom is -0.386 e. The Balaban J connectivity index is 1.61. The quantitative estimate of drug-likeness (QED) is 0.685. The standard InChI is InChI=1S/C15H21N7O2/c1-16-12-7-13(19-10-18-12)22-6-4-15(24,9-22)8-17-14(23)11-3-5-20-21(11)2/h3,5,7,10,24H,4,6,8-9H2,1-2H3,(H,17,23)(H,16,18,19)/t15-/m1/s1. The summed E-state index contributed by atoms with van der Waals surface area (Å²) in [5.74, 6) is 1.23. The molecule has 9 heteroatoms. The topological polar surface area (TPSA) is 108 Å². The van der Waals surface area contributed by atoms with E-state index in [0.29, 0.717) is 25.2 Å². The van der Waals surface area contributed by atoms with Gasteiger partial charge in [0.05, 0.1) is 0 Å². The molecule has 1 aliphatic heterocycles. The van der Waals surface area contributed by atoms with E-state index in [-0.39, 0.29) is 12.5 Å². The first-order chi connectivity index (χ1) is 11.5. The summed E-state index contributed by atoms with van der Waals surface area (Å²) >= 11 is 0. The van der Waals surface area contributed by atoms with Crippen molar-refractivity contribution in [1.29, 1.82) is 0 Å². The average molecular weight is 331 g/mol. The zero-order chi connectivity index (χ0) is 17.2. The number of hydrogen-bond acceptors (Lipinski definition) is 7. The molecule has 2 aromatic rings. The molecule has 24 heavy (non-hydrogen) atoms. The highest BCUT2D eigenvalue weighted by atomic mass is 16.3. The molecule has 2 aromatic heterocycles. The van der Waals surface area contributed by atoms with Crippen LogP contribution in [0.2, 0.25) is 0 Å². The Morgan fingerprint density at radius 3 is 3.00 bits per heavy atom. The second-order valence-corrected chi connectivity index (χ2v) is 5.93. The smallest absolute Gasteiger partial charge is 0.269 e. The van der Waals surface area contributed by atoms with Crippen LogP contribution in [0.1, 0.15) is 16.9 Å². The number of aromatic nitrogens is 4. The van der Waals surface area contributed by atoms with Crippen molar-refractivity contribution in [2.45, 2.75) is 12.0 Å². The van der Waals surface area contributed by atoms with Gasteiger partial charge in [0.15, 0.2) is 0 Å². The van der Waals surface area contributed by atoms with Gasteiger partial charge in [-0.25, -0.2) is 9.97 Å². The summed E-state index contributed by atoms with van der Waals surface area (Å²) in [7, 11) is 3.50. The lowest BCUT2D eigenvalue weighted by atomic mass is 10.0. The minimum absolute atomic E-state index is 0.178. The van der Waals surface area contributed by atoms with Gasteiger partial charge in [0, 0.05) is 46.0 Å². The maximum absolute atomic E-state index is 12.1. The number of β-amino-alcohol motifs (C(OH)–C–C–N with tert-alkyl or cyclic N) is 1. The monoisotopic (exact) mass is 331 g/mol. The van der Waals surface area contributed by atoms with Gasteiger partial charge in [-0.3, -0.25) is 9.48 Å². The second kappa shape index (κ2) is 6.44. The number of aryl methyl sites for hydroxylation is 1. The largest absolute Gasteiger partial charge is 0.386 e. The van der Waals surface area contributed by atoms with Crippen molar-refractivity contribution in [3.05, 3.63) is 30.4 Å². The Hall–Kier alpha value is -2.68. The molecule has 1 atom stereocenters. The molecule has 0 aromatic carbocycles. The summed E-state index contributed by atoms with van der Waals surface area (Å²) in [5.41, 5.74) is -0.526. The Morgan fingerprint density at radius 2 is 2.29 bits per heavy atom. The zero-order valence-electron chi connectivity index (χ0n) is 13.7. The molecular formula is C15H21N7O2. The molecule has 0 unspecified atom stereocenters. The van der Waals surface area contributed by atoms with E-state index in [0.717, 1.165) is 11.6 Å². The summed E-state index contributed by atoms with van der Waals surface area (Å²) in [6.07, 6.45) is 3.61.